The van der Waals surface area contributed by atoms with Gasteiger partial charge in [0, 0.05) is 42.5 Å². The topological polar surface area (TPSA) is 112 Å². The number of rotatable bonds is 9. The molecule has 2 aromatic carbocycles. The van der Waals surface area contributed by atoms with Gasteiger partial charge in [0.05, 0.1) is 0 Å². The van der Waals surface area contributed by atoms with Gasteiger partial charge in [0.25, 0.3) is 17.9 Å². The van der Waals surface area contributed by atoms with Gasteiger partial charge < -0.3 is 15.3 Å². The van der Waals surface area contributed by atoms with Crippen molar-refractivity contribution >= 4 is 17.9 Å². The summed E-state index contributed by atoms with van der Waals surface area (Å²) < 4.78 is 0. The molecular formula is C30H46O6Ti. The predicted molar refractivity (Wildman–Crippen MR) is 146 cm³/mol. The maximum absolute atomic E-state index is 9.00. The van der Waals surface area contributed by atoms with Crippen LogP contribution in [0.3, 0.4) is 0 Å². The van der Waals surface area contributed by atoms with E-state index in [1.54, 1.807) is 0 Å². The van der Waals surface area contributed by atoms with Crippen LogP contribution in [0.4, 0.5) is 0 Å². The normalized spacial score (nSPS) is 12.6. The number of benzene rings is 2. The van der Waals surface area contributed by atoms with Gasteiger partial charge in [-0.2, -0.15) is 0 Å². The molecule has 0 amide bonds. The minimum atomic E-state index is -0.833. The van der Waals surface area contributed by atoms with E-state index in [4.69, 9.17) is 29.7 Å². The van der Waals surface area contributed by atoms with Gasteiger partial charge in [0.2, 0.25) is 0 Å². The molecule has 0 fully saturated rings. The van der Waals surface area contributed by atoms with Crippen molar-refractivity contribution in [3.8, 4) is 0 Å². The molecule has 0 saturated carbocycles. The fraction of sp³-hybridized carbons (Fsp3) is 0.500. The van der Waals surface area contributed by atoms with Crippen LogP contribution in [0, 0.1) is 11.8 Å². The summed E-state index contributed by atoms with van der Waals surface area (Å²) in [6, 6.07) is 22.3. The average Bonchev–Trinajstić information content (AvgIpc) is 2.81. The van der Waals surface area contributed by atoms with Crippen molar-refractivity contribution in [2.24, 2.45) is 11.8 Å². The summed E-state index contributed by atoms with van der Waals surface area (Å²) in [5, 5.41) is 22.2. The Morgan fingerprint density at radius 3 is 1.32 bits per heavy atom. The van der Waals surface area contributed by atoms with E-state index in [-0.39, 0.29) is 21.7 Å². The molecular weight excluding hydrogens is 504 g/mol. The number of carbonyl (C=O) groups is 3. The first-order chi connectivity index (χ1) is 16.8. The number of hydrogen-bond donors (Lipinski definition) is 3. The first-order valence-corrected chi connectivity index (χ1v) is 12.5. The Balaban J connectivity index is -0.000000747. The maximum atomic E-state index is 9.00. The van der Waals surface area contributed by atoms with E-state index in [1.165, 1.54) is 36.8 Å². The van der Waals surface area contributed by atoms with Gasteiger partial charge in [-0.25, -0.2) is 0 Å². The van der Waals surface area contributed by atoms with Crippen molar-refractivity contribution in [2.45, 2.75) is 86.0 Å². The zero-order valence-corrected chi connectivity index (χ0v) is 25.0. The van der Waals surface area contributed by atoms with Crippen LogP contribution < -0.4 is 0 Å². The van der Waals surface area contributed by atoms with Gasteiger partial charge in [-0.3, -0.25) is 14.4 Å². The molecule has 4 atom stereocenters. The largest absolute Gasteiger partial charge is 0.481 e. The second-order valence-electron chi connectivity index (χ2n) is 9.05. The summed E-state index contributed by atoms with van der Waals surface area (Å²) in [5.74, 6) is 0.296. The van der Waals surface area contributed by atoms with E-state index < -0.39 is 17.9 Å². The molecule has 7 heteroatoms. The summed E-state index contributed by atoms with van der Waals surface area (Å²) in [5.41, 5.74) is 3.03. The molecule has 3 N–H and O–H groups in total. The SMILES string of the molecule is CC(=O)O.CC(=O)O.CC(=O)O.CCC(C)CC(CC(c1ccccc1)C(C)CC)c1ccccc1.[Ti]. The van der Waals surface area contributed by atoms with Gasteiger partial charge in [-0.05, 0) is 47.6 Å². The second-order valence-corrected chi connectivity index (χ2v) is 9.05. The summed E-state index contributed by atoms with van der Waals surface area (Å²) >= 11 is 0. The third-order valence-electron chi connectivity index (χ3n) is 5.75. The fourth-order valence-electron chi connectivity index (χ4n) is 3.73. The third kappa shape index (κ3) is 23.7. The summed E-state index contributed by atoms with van der Waals surface area (Å²) in [6.07, 6.45) is 5.06. The molecule has 0 spiro atoms. The van der Waals surface area contributed by atoms with E-state index >= 15 is 0 Å². The van der Waals surface area contributed by atoms with Gasteiger partial charge in [0.1, 0.15) is 0 Å². The molecule has 0 saturated heterocycles. The Morgan fingerprint density at radius 1 is 0.649 bits per heavy atom. The van der Waals surface area contributed by atoms with E-state index in [2.05, 4.69) is 88.4 Å². The molecule has 0 aliphatic rings. The van der Waals surface area contributed by atoms with Gasteiger partial charge in [-0.15, -0.1) is 0 Å². The fourth-order valence-corrected chi connectivity index (χ4v) is 3.73. The van der Waals surface area contributed by atoms with Crippen LogP contribution in [0.1, 0.15) is 97.1 Å². The Morgan fingerprint density at radius 2 is 1.00 bits per heavy atom. The van der Waals surface area contributed by atoms with Crippen molar-refractivity contribution in [3.63, 3.8) is 0 Å². The Labute approximate surface area is 238 Å². The monoisotopic (exact) mass is 550 g/mol. The van der Waals surface area contributed by atoms with E-state index in [0.717, 1.165) is 32.6 Å². The van der Waals surface area contributed by atoms with Crippen molar-refractivity contribution in [1.82, 2.24) is 0 Å². The molecule has 0 heterocycles. The molecule has 0 aliphatic heterocycles. The molecule has 0 aliphatic carbocycles. The van der Waals surface area contributed by atoms with Crippen molar-refractivity contribution < 1.29 is 51.4 Å². The molecule has 6 nitrogen and oxygen atoms in total. The van der Waals surface area contributed by atoms with Crippen LogP contribution >= 0.6 is 0 Å². The Kier molecular flexibility index (Phi) is 25.3. The molecule has 0 aromatic heterocycles. The van der Waals surface area contributed by atoms with E-state index in [1.807, 2.05) is 0 Å². The molecule has 4 unspecified atom stereocenters. The van der Waals surface area contributed by atoms with Crippen LogP contribution in [-0.4, -0.2) is 33.2 Å². The standard InChI is InChI=1S/C24H34.3C2H4O2.Ti/c1-5-19(3)17-23(21-13-9-7-10-14-21)18-24(20(4)6-2)22-15-11-8-12-16-22;3*1-2(3)4;/h7-16,19-20,23-24H,5-6,17-18H2,1-4H3;3*1H3,(H,3,4);. The zero-order valence-electron chi connectivity index (χ0n) is 23.5. The maximum Gasteiger partial charge on any atom is 0.300 e. The van der Waals surface area contributed by atoms with Crippen LogP contribution in [0.5, 0.6) is 0 Å². The van der Waals surface area contributed by atoms with Crippen LogP contribution in [0.25, 0.3) is 0 Å². The minimum absolute atomic E-state index is 0. The average molecular weight is 551 g/mol. The van der Waals surface area contributed by atoms with E-state index in [0.29, 0.717) is 11.8 Å². The molecule has 0 bridgehead atoms. The quantitative estimate of drug-likeness (QED) is 0.276. The van der Waals surface area contributed by atoms with Gasteiger partial charge in [-0.1, -0.05) is 101 Å². The number of aliphatic carboxylic acids is 3. The Hall–Kier alpha value is -2.44. The summed E-state index contributed by atoms with van der Waals surface area (Å²) in [7, 11) is 0. The summed E-state index contributed by atoms with van der Waals surface area (Å²) in [4.78, 5) is 27.0. The van der Waals surface area contributed by atoms with Crippen LogP contribution in [-0.2, 0) is 36.1 Å². The first kappa shape index (κ1) is 39.1. The van der Waals surface area contributed by atoms with Gasteiger partial charge in [0.15, 0.2) is 0 Å². The van der Waals surface area contributed by atoms with Crippen molar-refractivity contribution in [3.05, 3.63) is 71.8 Å². The predicted octanol–water partition coefficient (Wildman–Crippen LogP) is 7.70. The van der Waals surface area contributed by atoms with Crippen LogP contribution in [0.15, 0.2) is 60.7 Å². The molecule has 206 valence electrons. The second kappa shape index (κ2) is 23.9. The van der Waals surface area contributed by atoms with Crippen molar-refractivity contribution in [2.75, 3.05) is 0 Å². The molecule has 2 rings (SSSR count). The molecule has 0 radical (unpaired) electrons. The first-order valence-electron chi connectivity index (χ1n) is 12.5. The molecule has 37 heavy (non-hydrogen) atoms. The minimum Gasteiger partial charge on any atom is -0.481 e. The van der Waals surface area contributed by atoms with Crippen molar-refractivity contribution in [1.29, 1.82) is 0 Å². The number of carboxylic acids is 3. The number of hydrogen-bond acceptors (Lipinski definition) is 3. The molecule has 2 aromatic rings. The summed E-state index contributed by atoms with van der Waals surface area (Å²) in [6.45, 7) is 12.7. The zero-order chi connectivity index (χ0) is 28.1. The van der Waals surface area contributed by atoms with Crippen LogP contribution in [0.2, 0.25) is 0 Å². The smallest absolute Gasteiger partial charge is 0.300 e. The van der Waals surface area contributed by atoms with Gasteiger partial charge >= 0.3 is 0 Å². The Bertz CT molecular complexity index is 801. The van der Waals surface area contributed by atoms with E-state index in [9.17, 15) is 0 Å². The number of carboxylic acid groups (broad SMARTS) is 3. The third-order valence-corrected chi connectivity index (χ3v) is 5.75.